The van der Waals surface area contributed by atoms with E-state index in [2.05, 4.69) is 96.1 Å². The smallest absolute Gasteiger partial charge is 0.161 e. The first kappa shape index (κ1) is 20.8. The molecule has 5 aromatic rings. The normalized spacial score (nSPS) is 12.5. The Morgan fingerprint density at radius 2 is 1.72 bits per heavy atom. The van der Waals surface area contributed by atoms with Gasteiger partial charge in [0.1, 0.15) is 11.3 Å². The minimum atomic E-state index is 0.0268. The van der Waals surface area contributed by atoms with Crippen molar-refractivity contribution >= 4 is 32.7 Å². The number of nitrogens with zero attached hydrogens (tertiary/aromatic N) is 1. The molecule has 5 rings (SSSR count). The van der Waals surface area contributed by atoms with Crippen molar-refractivity contribution in [3.8, 4) is 11.3 Å². The summed E-state index contributed by atoms with van der Waals surface area (Å²) >= 11 is 0. The number of aromatic nitrogens is 1. The Morgan fingerprint density at radius 3 is 2.47 bits per heavy atom. The molecule has 0 unspecified atom stereocenters. The molecule has 0 spiro atoms. The van der Waals surface area contributed by atoms with Crippen LogP contribution in [-0.4, -0.2) is 4.98 Å². The molecule has 0 aliphatic carbocycles. The molecule has 3 aromatic carbocycles. The fourth-order valence-electron chi connectivity index (χ4n) is 4.86. The summed E-state index contributed by atoms with van der Waals surface area (Å²) < 4.78 is 6.52. The highest BCUT2D eigenvalue weighted by Crippen LogP contribution is 2.40. The van der Waals surface area contributed by atoms with E-state index in [1.807, 2.05) is 6.20 Å². The average Bonchev–Trinajstić information content (AvgIpc) is 3.11. The molecule has 0 bridgehead atoms. The van der Waals surface area contributed by atoms with E-state index in [0.717, 1.165) is 34.4 Å². The van der Waals surface area contributed by atoms with E-state index in [1.165, 1.54) is 32.7 Å². The van der Waals surface area contributed by atoms with Gasteiger partial charge in [0.2, 0.25) is 0 Å². The summed E-state index contributed by atoms with van der Waals surface area (Å²) in [6.07, 6.45) is 3.04. The first-order valence-electron chi connectivity index (χ1n) is 11.6. The van der Waals surface area contributed by atoms with Gasteiger partial charge in [-0.2, -0.15) is 0 Å². The van der Waals surface area contributed by atoms with Crippen LogP contribution in [0.25, 0.3) is 44.0 Å². The van der Waals surface area contributed by atoms with Gasteiger partial charge < -0.3 is 4.42 Å². The summed E-state index contributed by atoms with van der Waals surface area (Å²) in [5, 5.41) is 4.88. The molecule has 0 atom stereocenters. The summed E-state index contributed by atoms with van der Waals surface area (Å²) in [4.78, 5) is 4.88. The highest BCUT2D eigenvalue weighted by Gasteiger charge is 2.21. The molecule has 162 valence electrons. The van der Waals surface area contributed by atoms with Crippen molar-refractivity contribution in [1.29, 1.82) is 0 Å². The largest absolute Gasteiger partial charge is 0.454 e. The van der Waals surface area contributed by atoms with Crippen LogP contribution in [0, 0.1) is 12.8 Å². The lowest BCUT2D eigenvalue weighted by Crippen LogP contribution is -2.12. The van der Waals surface area contributed by atoms with Crippen LogP contribution < -0.4 is 0 Å². The summed E-state index contributed by atoms with van der Waals surface area (Å²) in [6.45, 7) is 13.4. The quantitative estimate of drug-likeness (QED) is 0.291. The Balaban J connectivity index is 1.79. The molecule has 0 saturated carbocycles. The first-order chi connectivity index (χ1) is 15.2. The number of hydrogen-bond acceptors (Lipinski definition) is 2. The molecule has 0 amide bonds. The Labute approximate surface area is 190 Å². The minimum Gasteiger partial charge on any atom is -0.454 e. The maximum Gasteiger partial charge on any atom is 0.161 e. The Hall–Kier alpha value is -3.13. The van der Waals surface area contributed by atoms with E-state index in [1.54, 1.807) is 0 Å². The molecule has 32 heavy (non-hydrogen) atoms. The monoisotopic (exact) mass is 421 g/mol. The second kappa shape index (κ2) is 7.48. The standard InChI is InChI=1S/C30H31NO/c1-18(2)13-20-11-12-24-26(14-20)32-29-27(24)19(3)17-31-28(29)22-15-21-9-7-8-10-23(21)25(16-22)30(4,5)6/h7-12,14-18H,13H2,1-6H3. The van der Waals surface area contributed by atoms with Crippen molar-refractivity contribution in [1.82, 2.24) is 4.98 Å². The molecule has 0 N–H and O–H groups in total. The molecule has 2 heterocycles. The van der Waals surface area contributed by atoms with Gasteiger partial charge in [0.25, 0.3) is 0 Å². The third-order valence-electron chi connectivity index (χ3n) is 6.34. The van der Waals surface area contributed by atoms with Crippen molar-refractivity contribution in [2.45, 2.75) is 53.4 Å². The van der Waals surface area contributed by atoms with Crippen LogP contribution in [0.1, 0.15) is 51.3 Å². The second-order valence-corrected chi connectivity index (χ2v) is 10.5. The van der Waals surface area contributed by atoms with E-state index in [-0.39, 0.29) is 5.41 Å². The number of pyridine rings is 1. The molecular weight excluding hydrogens is 390 g/mol. The van der Waals surface area contributed by atoms with Gasteiger partial charge in [-0.05, 0) is 70.3 Å². The van der Waals surface area contributed by atoms with Gasteiger partial charge in [-0.3, -0.25) is 4.98 Å². The molecule has 0 radical (unpaired) electrons. The summed E-state index contributed by atoms with van der Waals surface area (Å²) in [5.74, 6) is 0.615. The summed E-state index contributed by atoms with van der Waals surface area (Å²) in [6, 6.07) is 19.9. The summed E-state index contributed by atoms with van der Waals surface area (Å²) in [7, 11) is 0. The van der Waals surface area contributed by atoms with Gasteiger partial charge in [0.05, 0.1) is 0 Å². The highest BCUT2D eigenvalue weighted by molar-refractivity contribution is 6.10. The third-order valence-corrected chi connectivity index (χ3v) is 6.34. The van der Waals surface area contributed by atoms with Crippen molar-refractivity contribution in [3.05, 3.63) is 77.5 Å². The number of aryl methyl sites for hydroxylation is 1. The van der Waals surface area contributed by atoms with Crippen molar-refractivity contribution in [2.24, 2.45) is 5.92 Å². The lowest BCUT2D eigenvalue weighted by molar-refractivity contribution is 0.596. The Kier molecular flexibility index (Phi) is 4.85. The Bertz CT molecular complexity index is 1460. The zero-order valence-corrected chi connectivity index (χ0v) is 19.9. The van der Waals surface area contributed by atoms with Crippen LogP contribution in [0.5, 0.6) is 0 Å². The number of hydrogen-bond donors (Lipinski definition) is 0. The van der Waals surface area contributed by atoms with Crippen LogP contribution in [-0.2, 0) is 11.8 Å². The number of fused-ring (bicyclic) bond motifs is 4. The zero-order chi connectivity index (χ0) is 22.6. The second-order valence-electron chi connectivity index (χ2n) is 10.5. The lowest BCUT2D eigenvalue weighted by atomic mass is 9.82. The topological polar surface area (TPSA) is 26.0 Å². The Morgan fingerprint density at radius 1 is 0.938 bits per heavy atom. The lowest BCUT2D eigenvalue weighted by Gasteiger charge is -2.22. The molecule has 0 saturated heterocycles. The van der Waals surface area contributed by atoms with E-state index in [9.17, 15) is 0 Å². The van der Waals surface area contributed by atoms with Gasteiger partial charge in [-0.15, -0.1) is 0 Å². The summed E-state index contributed by atoms with van der Waals surface area (Å²) in [5.41, 5.74) is 7.69. The van der Waals surface area contributed by atoms with E-state index >= 15 is 0 Å². The molecule has 0 aliphatic heterocycles. The van der Waals surface area contributed by atoms with Gasteiger partial charge in [0, 0.05) is 22.5 Å². The maximum atomic E-state index is 6.52. The highest BCUT2D eigenvalue weighted by atomic mass is 16.3. The van der Waals surface area contributed by atoms with Crippen LogP contribution in [0.3, 0.4) is 0 Å². The van der Waals surface area contributed by atoms with E-state index in [0.29, 0.717) is 5.92 Å². The van der Waals surface area contributed by atoms with Crippen LogP contribution in [0.4, 0.5) is 0 Å². The van der Waals surface area contributed by atoms with Crippen LogP contribution in [0.2, 0.25) is 0 Å². The fraction of sp³-hybridized carbons (Fsp3) is 0.300. The molecule has 0 fully saturated rings. The molecule has 2 aromatic heterocycles. The maximum absolute atomic E-state index is 6.52. The van der Waals surface area contributed by atoms with Gasteiger partial charge in [0.15, 0.2) is 5.58 Å². The molecule has 2 nitrogen and oxygen atoms in total. The number of furan rings is 1. The van der Waals surface area contributed by atoms with Crippen molar-refractivity contribution < 1.29 is 4.42 Å². The van der Waals surface area contributed by atoms with Crippen LogP contribution in [0.15, 0.2) is 65.2 Å². The third kappa shape index (κ3) is 3.48. The van der Waals surface area contributed by atoms with Crippen molar-refractivity contribution in [3.63, 3.8) is 0 Å². The molecular formula is C30H31NO. The fourth-order valence-corrected chi connectivity index (χ4v) is 4.86. The molecule has 2 heteroatoms. The van der Waals surface area contributed by atoms with Gasteiger partial charge >= 0.3 is 0 Å². The number of benzene rings is 3. The minimum absolute atomic E-state index is 0.0268. The van der Waals surface area contributed by atoms with Crippen LogP contribution >= 0.6 is 0 Å². The number of rotatable bonds is 3. The zero-order valence-electron chi connectivity index (χ0n) is 19.9. The van der Waals surface area contributed by atoms with Gasteiger partial charge in [-0.25, -0.2) is 0 Å². The SMILES string of the molecule is Cc1cnc(-c2cc(C(C)(C)C)c3ccccc3c2)c2oc3cc(CC(C)C)ccc3c12. The predicted molar refractivity (Wildman–Crippen MR) is 136 cm³/mol. The van der Waals surface area contributed by atoms with E-state index < -0.39 is 0 Å². The average molecular weight is 422 g/mol. The van der Waals surface area contributed by atoms with Crippen molar-refractivity contribution in [2.75, 3.05) is 0 Å². The first-order valence-corrected chi connectivity index (χ1v) is 11.6. The molecule has 0 aliphatic rings. The predicted octanol–water partition coefficient (Wildman–Crippen LogP) is 8.61. The van der Waals surface area contributed by atoms with Gasteiger partial charge in [-0.1, -0.05) is 71.0 Å². The van der Waals surface area contributed by atoms with E-state index in [4.69, 9.17) is 9.40 Å².